The highest BCUT2D eigenvalue weighted by atomic mass is 16.5. The molecule has 4 rings (SSSR count). The second kappa shape index (κ2) is 13.1. The van der Waals surface area contributed by atoms with E-state index in [9.17, 15) is 5.11 Å². The Bertz CT molecular complexity index is 848. The predicted octanol–water partition coefficient (Wildman–Crippen LogP) is 3.25. The zero-order valence-corrected chi connectivity index (χ0v) is 22.4. The molecular formula is C28H47N5O3. The van der Waals surface area contributed by atoms with Crippen molar-refractivity contribution in [2.75, 3.05) is 45.7 Å². The topological polar surface area (TPSA) is 90.0 Å². The molecule has 1 aromatic carbocycles. The number of anilines is 1. The molecule has 1 aliphatic carbocycles. The number of benzene rings is 1. The lowest BCUT2D eigenvalue weighted by atomic mass is 9.69. The molecule has 2 heterocycles. The molecule has 2 fully saturated rings. The van der Waals surface area contributed by atoms with Gasteiger partial charge in [-0.3, -0.25) is 10.6 Å². The van der Waals surface area contributed by atoms with Crippen molar-refractivity contribution in [3.05, 3.63) is 30.4 Å². The van der Waals surface area contributed by atoms with Gasteiger partial charge in [-0.25, -0.2) is 0 Å². The fraction of sp³-hybridized carbons (Fsp3) is 0.714. The van der Waals surface area contributed by atoms with Gasteiger partial charge < -0.3 is 30.1 Å². The smallest absolute Gasteiger partial charge is 0.163 e. The lowest BCUT2D eigenvalue weighted by molar-refractivity contribution is 0.0418. The van der Waals surface area contributed by atoms with Crippen LogP contribution in [0.2, 0.25) is 0 Å². The number of allylic oxidation sites excluding steroid dienone is 2. The maximum Gasteiger partial charge on any atom is 0.163 e. The standard InChI is InChI=1S/C28H47N5O3/c1-21-28(14-9-7-5-4-6-8-10-15-28)26(29-2)32-27(30-21)31-22-12-13-24(35-3)25(18-22)36-20-23(34)19-33-16-11-17-33/h7,9,12-13,18,21,23,26-27,29-32,34H,4-6,8,10-11,14-17,19-20H2,1-3H3/b9-7-/t21?,23-,26?,27?,28?/m1/s1. The Labute approximate surface area is 217 Å². The van der Waals surface area contributed by atoms with E-state index in [1.165, 1.54) is 44.9 Å². The van der Waals surface area contributed by atoms with Gasteiger partial charge in [0.05, 0.1) is 13.3 Å². The fourth-order valence-electron chi connectivity index (χ4n) is 5.90. The first-order chi connectivity index (χ1) is 17.5. The number of aliphatic hydroxyl groups is 1. The van der Waals surface area contributed by atoms with Crippen LogP contribution in [-0.2, 0) is 0 Å². The normalized spacial score (nSPS) is 31.3. The maximum absolute atomic E-state index is 10.4. The molecule has 5 atom stereocenters. The Balaban J connectivity index is 1.40. The molecule has 2 aliphatic heterocycles. The van der Waals surface area contributed by atoms with Crippen molar-refractivity contribution < 1.29 is 14.6 Å². The van der Waals surface area contributed by atoms with Crippen LogP contribution in [-0.4, -0.2) is 75.0 Å². The van der Waals surface area contributed by atoms with Crippen molar-refractivity contribution in [3.63, 3.8) is 0 Å². The summed E-state index contributed by atoms with van der Waals surface area (Å²) >= 11 is 0. The second-order valence-corrected chi connectivity index (χ2v) is 10.7. The molecule has 0 radical (unpaired) electrons. The van der Waals surface area contributed by atoms with E-state index in [2.05, 4.69) is 52.3 Å². The van der Waals surface area contributed by atoms with Crippen molar-refractivity contribution in [1.82, 2.24) is 20.9 Å². The van der Waals surface area contributed by atoms with E-state index < -0.39 is 6.10 Å². The van der Waals surface area contributed by atoms with Crippen LogP contribution in [0.15, 0.2) is 30.4 Å². The molecule has 8 heteroatoms. The molecule has 5 N–H and O–H groups in total. The van der Waals surface area contributed by atoms with Gasteiger partial charge >= 0.3 is 0 Å². The molecule has 0 saturated carbocycles. The van der Waals surface area contributed by atoms with Gasteiger partial charge in [0, 0.05) is 29.8 Å². The summed E-state index contributed by atoms with van der Waals surface area (Å²) in [5.74, 6) is 1.29. The monoisotopic (exact) mass is 501 g/mol. The molecule has 0 aromatic heterocycles. The van der Waals surface area contributed by atoms with Gasteiger partial charge in [0.25, 0.3) is 0 Å². The minimum absolute atomic E-state index is 0.0966. The summed E-state index contributed by atoms with van der Waals surface area (Å²) < 4.78 is 11.5. The predicted molar refractivity (Wildman–Crippen MR) is 145 cm³/mol. The summed E-state index contributed by atoms with van der Waals surface area (Å²) in [5, 5.41) is 25.1. The van der Waals surface area contributed by atoms with Crippen LogP contribution >= 0.6 is 0 Å². The van der Waals surface area contributed by atoms with Crippen LogP contribution in [0.5, 0.6) is 11.5 Å². The number of rotatable bonds is 9. The largest absolute Gasteiger partial charge is 0.493 e. The number of likely N-dealkylation sites (tertiary alicyclic amines) is 1. The lowest BCUT2D eigenvalue weighted by Crippen LogP contribution is -2.73. The average Bonchev–Trinajstić information content (AvgIpc) is 2.86. The van der Waals surface area contributed by atoms with Gasteiger partial charge in [0.2, 0.25) is 0 Å². The van der Waals surface area contributed by atoms with E-state index in [4.69, 9.17) is 9.47 Å². The van der Waals surface area contributed by atoms with Gasteiger partial charge in [-0.2, -0.15) is 0 Å². The third-order valence-corrected chi connectivity index (χ3v) is 8.23. The Morgan fingerprint density at radius 1 is 1.11 bits per heavy atom. The van der Waals surface area contributed by atoms with Gasteiger partial charge in [-0.05, 0) is 71.3 Å². The van der Waals surface area contributed by atoms with E-state index in [1.54, 1.807) is 7.11 Å². The minimum Gasteiger partial charge on any atom is -0.493 e. The minimum atomic E-state index is -0.520. The van der Waals surface area contributed by atoms with Gasteiger partial charge in [0.1, 0.15) is 19.0 Å². The first-order valence-corrected chi connectivity index (χ1v) is 13.9. The molecule has 1 aromatic rings. The first-order valence-electron chi connectivity index (χ1n) is 13.9. The third-order valence-electron chi connectivity index (χ3n) is 8.23. The Morgan fingerprint density at radius 3 is 2.69 bits per heavy atom. The zero-order valence-electron chi connectivity index (χ0n) is 22.4. The van der Waals surface area contributed by atoms with E-state index in [-0.39, 0.29) is 24.5 Å². The number of nitrogens with one attached hydrogen (secondary N) is 4. The summed E-state index contributed by atoms with van der Waals surface area (Å²) in [4.78, 5) is 2.24. The molecular weight excluding hydrogens is 454 g/mol. The molecule has 36 heavy (non-hydrogen) atoms. The van der Waals surface area contributed by atoms with E-state index in [1.807, 2.05) is 18.2 Å². The molecule has 0 bridgehead atoms. The van der Waals surface area contributed by atoms with E-state index in [0.29, 0.717) is 24.1 Å². The zero-order chi connectivity index (χ0) is 25.4. The third kappa shape index (κ3) is 6.72. The van der Waals surface area contributed by atoms with Crippen molar-refractivity contribution >= 4 is 5.69 Å². The van der Waals surface area contributed by atoms with Gasteiger partial charge in [0.15, 0.2) is 11.5 Å². The van der Waals surface area contributed by atoms with Gasteiger partial charge in [-0.1, -0.05) is 31.4 Å². The number of β-amino-alcohol motifs (C(OH)–C–C–N with tert-alkyl or cyclic N) is 1. The maximum atomic E-state index is 10.4. The van der Waals surface area contributed by atoms with Crippen molar-refractivity contribution in [3.8, 4) is 11.5 Å². The molecule has 1 spiro atoms. The number of ether oxygens (including phenoxy) is 2. The van der Waals surface area contributed by atoms with Crippen molar-refractivity contribution in [2.45, 2.75) is 82.9 Å². The van der Waals surface area contributed by atoms with Crippen LogP contribution in [0, 0.1) is 5.41 Å². The lowest BCUT2D eigenvalue weighted by Gasteiger charge is -2.52. The molecule has 3 aliphatic rings. The molecule has 8 nitrogen and oxygen atoms in total. The Hall–Kier alpha value is -1.84. The quantitative estimate of drug-likeness (QED) is 0.330. The Morgan fingerprint density at radius 2 is 1.94 bits per heavy atom. The van der Waals surface area contributed by atoms with Crippen LogP contribution in [0.3, 0.4) is 0 Å². The highest BCUT2D eigenvalue weighted by Crippen LogP contribution is 2.40. The summed E-state index contributed by atoms with van der Waals surface area (Å²) in [6.45, 7) is 5.33. The molecule has 0 amide bonds. The highest BCUT2D eigenvalue weighted by molar-refractivity contribution is 5.55. The van der Waals surface area contributed by atoms with E-state index >= 15 is 0 Å². The first kappa shape index (κ1) is 27.2. The summed E-state index contributed by atoms with van der Waals surface area (Å²) in [7, 11) is 3.70. The van der Waals surface area contributed by atoms with Crippen molar-refractivity contribution in [1.29, 1.82) is 0 Å². The molecule has 2 saturated heterocycles. The average molecular weight is 502 g/mol. The summed E-state index contributed by atoms with van der Waals surface area (Å²) in [5.41, 5.74) is 1.04. The van der Waals surface area contributed by atoms with Gasteiger partial charge in [-0.15, -0.1) is 0 Å². The van der Waals surface area contributed by atoms with E-state index in [0.717, 1.165) is 25.2 Å². The number of aliphatic hydroxyl groups excluding tert-OH is 1. The highest BCUT2D eigenvalue weighted by Gasteiger charge is 2.46. The SMILES string of the molecule is CNC1NC(Nc2ccc(OC)c(OC[C@H](O)CN3CCC3)c2)NC(C)C12C/C=C\CCCCCC2. The Kier molecular flexibility index (Phi) is 9.90. The molecule has 4 unspecified atom stereocenters. The molecule has 202 valence electrons. The summed E-state index contributed by atoms with van der Waals surface area (Å²) in [6.07, 6.45) is 14.2. The number of hydrogen-bond donors (Lipinski definition) is 5. The number of nitrogens with zero attached hydrogens (tertiary/aromatic N) is 1. The number of hydrogen-bond acceptors (Lipinski definition) is 8. The van der Waals surface area contributed by atoms with Crippen LogP contribution in [0.25, 0.3) is 0 Å². The fourth-order valence-corrected chi connectivity index (χ4v) is 5.90. The summed E-state index contributed by atoms with van der Waals surface area (Å²) in [6, 6.07) is 6.19. The van der Waals surface area contributed by atoms with Crippen LogP contribution in [0.1, 0.15) is 58.3 Å². The van der Waals surface area contributed by atoms with Crippen LogP contribution < -0.4 is 30.7 Å². The van der Waals surface area contributed by atoms with Crippen molar-refractivity contribution in [2.24, 2.45) is 5.41 Å². The number of methoxy groups -OCH3 is 1. The second-order valence-electron chi connectivity index (χ2n) is 10.7. The van der Waals surface area contributed by atoms with Crippen LogP contribution in [0.4, 0.5) is 5.69 Å².